The first-order chi connectivity index (χ1) is 8.65. The molecular formula is C10H7F8N. The number of rotatable bonds is 4. The molecule has 0 unspecified atom stereocenters. The zero-order valence-corrected chi connectivity index (χ0v) is 9.15. The van der Waals surface area contributed by atoms with E-state index in [1.807, 2.05) is 0 Å². The van der Waals surface area contributed by atoms with Crippen LogP contribution in [0.3, 0.4) is 0 Å². The summed E-state index contributed by atoms with van der Waals surface area (Å²) in [7, 11) is 0. The fraction of sp³-hybridized carbons (Fsp3) is 0.400. The summed E-state index contributed by atoms with van der Waals surface area (Å²) in [5.41, 5.74) is -1.33. The van der Waals surface area contributed by atoms with Crippen LogP contribution in [-0.2, 0) is 0 Å². The van der Waals surface area contributed by atoms with Crippen LogP contribution in [0, 0.1) is 29.1 Å². The van der Waals surface area contributed by atoms with Gasteiger partial charge in [0.2, 0.25) is 5.82 Å². The van der Waals surface area contributed by atoms with Crippen molar-refractivity contribution in [2.75, 3.05) is 11.9 Å². The molecule has 0 saturated heterocycles. The SMILES string of the molecule is Fc1c(F)c(F)c(NCCCC(F)(F)F)c(F)c1F. The number of nitrogens with one attached hydrogen (secondary N) is 1. The van der Waals surface area contributed by atoms with Gasteiger partial charge in [0.25, 0.3) is 0 Å². The molecule has 0 atom stereocenters. The van der Waals surface area contributed by atoms with Crippen molar-refractivity contribution < 1.29 is 35.1 Å². The van der Waals surface area contributed by atoms with Crippen LogP contribution in [0.5, 0.6) is 0 Å². The van der Waals surface area contributed by atoms with E-state index in [4.69, 9.17) is 0 Å². The summed E-state index contributed by atoms with van der Waals surface area (Å²) in [5, 5.41) is 1.77. The average Bonchev–Trinajstić information content (AvgIpc) is 2.32. The molecule has 9 heteroatoms. The van der Waals surface area contributed by atoms with Crippen molar-refractivity contribution >= 4 is 5.69 Å². The van der Waals surface area contributed by atoms with Crippen molar-refractivity contribution in [3.8, 4) is 0 Å². The minimum absolute atomic E-state index is 0.566. The number of alkyl halides is 3. The molecule has 0 aliphatic heterocycles. The van der Waals surface area contributed by atoms with Gasteiger partial charge in [-0.3, -0.25) is 0 Å². The first kappa shape index (κ1) is 15.5. The van der Waals surface area contributed by atoms with Crippen molar-refractivity contribution in [2.45, 2.75) is 19.0 Å². The van der Waals surface area contributed by atoms with Crippen LogP contribution in [0.1, 0.15) is 12.8 Å². The minimum atomic E-state index is -4.46. The third-order valence-corrected chi connectivity index (χ3v) is 2.15. The summed E-state index contributed by atoms with van der Waals surface area (Å²) in [4.78, 5) is 0. The monoisotopic (exact) mass is 293 g/mol. The number of hydrogen-bond acceptors (Lipinski definition) is 1. The Kier molecular flexibility index (Phi) is 4.59. The van der Waals surface area contributed by atoms with Gasteiger partial charge in [-0.25, -0.2) is 22.0 Å². The zero-order chi connectivity index (χ0) is 14.8. The lowest BCUT2D eigenvalue weighted by atomic mass is 10.2. The molecule has 0 aromatic heterocycles. The van der Waals surface area contributed by atoms with Gasteiger partial charge in [-0.1, -0.05) is 0 Å². The quantitative estimate of drug-likeness (QED) is 0.381. The molecule has 1 aromatic rings. The lowest BCUT2D eigenvalue weighted by molar-refractivity contribution is -0.134. The van der Waals surface area contributed by atoms with E-state index in [1.165, 1.54) is 0 Å². The second kappa shape index (κ2) is 5.62. The maximum Gasteiger partial charge on any atom is 0.389 e. The third-order valence-electron chi connectivity index (χ3n) is 2.15. The molecule has 0 aliphatic rings. The van der Waals surface area contributed by atoms with Gasteiger partial charge in [0.05, 0.1) is 0 Å². The topological polar surface area (TPSA) is 12.0 Å². The molecular weight excluding hydrogens is 286 g/mol. The van der Waals surface area contributed by atoms with Crippen molar-refractivity contribution in [1.82, 2.24) is 0 Å². The molecule has 0 radical (unpaired) electrons. The molecule has 0 aliphatic carbocycles. The Bertz CT molecular complexity index is 439. The molecule has 19 heavy (non-hydrogen) atoms. The highest BCUT2D eigenvalue weighted by atomic mass is 19.4. The Morgan fingerprint density at radius 3 is 1.58 bits per heavy atom. The van der Waals surface area contributed by atoms with Gasteiger partial charge >= 0.3 is 6.18 Å². The maximum absolute atomic E-state index is 13.1. The molecule has 0 heterocycles. The highest BCUT2D eigenvalue weighted by Crippen LogP contribution is 2.27. The number of hydrogen-bond donors (Lipinski definition) is 1. The molecule has 1 rings (SSSR count). The highest BCUT2D eigenvalue weighted by molar-refractivity contribution is 5.47. The summed E-state index contributed by atoms with van der Waals surface area (Å²) in [5.74, 6) is -10.8. The molecule has 0 fully saturated rings. The third kappa shape index (κ3) is 3.71. The number of anilines is 1. The van der Waals surface area contributed by atoms with Crippen LogP contribution < -0.4 is 5.32 Å². The Labute approximate surface area is 102 Å². The summed E-state index contributed by atoms with van der Waals surface area (Å²) in [6, 6.07) is 0. The van der Waals surface area contributed by atoms with E-state index in [2.05, 4.69) is 0 Å². The Hall–Kier alpha value is -1.54. The van der Waals surface area contributed by atoms with E-state index in [1.54, 1.807) is 5.32 Å². The van der Waals surface area contributed by atoms with E-state index in [0.717, 1.165) is 0 Å². The zero-order valence-electron chi connectivity index (χ0n) is 9.15. The van der Waals surface area contributed by atoms with Crippen LogP contribution >= 0.6 is 0 Å². The van der Waals surface area contributed by atoms with E-state index in [-0.39, 0.29) is 0 Å². The first-order valence-corrected chi connectivity index (χ1v) is 4.97. The molecule has 1 nitrogen and oxygen atoms in total. The van der Waals surface area contributed by atoms with Gasteiger partial charge in [0.15, 0.2) is 23.3 Å². The summed E-state index contributed by atoms with van der Waals surface area (Å²) >= 11 is 0. The lowest BCUT2D eigenvalue weighted by Crippen LogP contribution is -2.14. The molecule has 1 aromatic carbocycles. The molecule has 108 valence electrons. The Balaban J connectivity index is 2.80. The van der Waals surface area contributed by atoms with Crippen LogP contribution in [0.25, 0.3) is 0 Å². The number of halogens is 8. The normalized spacial score (nSPS) is 11.8. The van der Waals surface area contributed by atoms with Gasteiger partial charge in [-0.05, 0) is 6.42 Å². The highest BCUT2D eigenvalue weighted by Gasteiger charge is 2.27. The van der Waals surface area contributed by atoms with Gasteiger partial charge in [-0.15, -0.1) is 0 Å². The first-order valence-electron chi connectivity index (χ1n) is 4.97. The Morgan fingerprint density at radius 2 is 1.16 bits per heavy atom. The van der Waals surface area contributed by atoms with Crippen LogP contribution in [0.15, 0.2) is 0 Å². The molecule has 0 saturated carbocycles. The second-order valence-corrected chi connectivity index (χ2v) is 3.59. The molecule has 0 bridgehead atoms. The van der Waals surface area contributed by atoms with Crippen LogP contribution in [0.2, 0.25) is 0 Å². The van der Waals surface area contributed by atoms with Gasteiger partial charge in [0.1, 0.15) is 5.69 Å². The van der Waals surface area contributed by atoms with Crippen molar-refractivity contribution in [3.05, 3.63) is 29.1 Å². The van der Waals surface area contributed by atoms with Crippen molar-refractivity contribution in [1.29, 1.82) is 0 Å². The average molecular weight is 293 g/mol. The second-order valence-electron chi connectivity index (χ2n) is 3.59. The summed E-state index contributed by atoms with van der Waals surface area (Å²) < 4.78 is 99.5. The Morgan fingerprint density at radius 1 is 0.737 bits per heavy atom. The van der Waals surface area contributed by atoms with E-state index >= 15 is 0 Å². The predicted molar refractivity (Wildman–Crippen MR) is 50.0 cm³/mol. The molecule has 0 amide bonds. The van der Waals surface area contributed by atoms with E-state index < -0.39 is 60.3 Å². The fourth-order valence-corrected chi connectivity index (χ4v) is 1.26. The molecule has 1 N–H and O–H groups in total. The van der Waals surface area contributed by atoms with Crippen LogP contribution in [-0.4, -0.2) is 12.7 Å². The molecule has 0 spiro atoms. The maximum atomic E-state index is 13.1. The van der Waals surface area contributed by atoms with Crippen molar-refractivity contribution in [3.63, 3.8) is 0 Å². The van der Waals surface area contributed by atoms with Crippen molar-refractivity contribution in [2.24, 2.45) is 0 Å². The number of benzene rings is 1. The fourth-order valence-electron chi connectivity index (χ4n) is 1.26. The summed E-state index contributed by atoms with van der Waals surface area (Å²) in [6.45, 7) is -0.585. The lowest BCUT2D eigenvalue weighted by Gasteiger charge is -2.11. The minimum Gasteiger partial charge on any atom is -0.380 e. The van der Waals surface area contributed by atoms with E-state index in [0.29, 0.717) is 0 Å². The predicted octanol–water partition coefficient (Wildman–Crippen LogP) is 4.14. The van der Waals surface area contributed by atoms with Gasteiger partial charge < -0.3 is 5.32 Å². The van der Waals surface area contributed by atoms with E-state index in [9.17, 15) is 35.1 Å². The summed E-state index contributed by atoms with van der Waals surface area (Å²) in [6.07, 6.45) is -6.27. The van der Waals surface area contributed by atoms with Gasteiger partial charge in [-0.2, -0.15) is 13.2 Å². The van der Waals surface area contributed by atoms with Gasteiger partial charge in [0, 0.05) is 13.0 Å². The largest absolute Gasteiger partial charge is 0.389 e. The standard InChI is InChI=1S/C10H7F8N/c11-4-5(12)7(14)9(8(15)6(4)13)19-3-1-2-10(16,17)18/h19H,1-3H2. The smallest absolute Gasteiger partial charge is 0.380 e. The van der Waals surface area contributed by atoms with Crippen LogP contribution in [0.4, 0.5) is 40.8 Å².